The lowest BCUT2D eigenvalue weighted by Gasteiger charge is -2.27. The fourth-order valence-corrected chi connectivity index (χ4v) is 2.79. The lowest BCUT2D eigenvalue weighted by atomic mass is 9.91. The van der Waals surface area contributed by atoms with Crippen LogP contribution < -0.4 is 4.74 Å². The Morgan fingerprint density at radius 2 is 2.06 bits per heavy atom. The van der Waals surface area contributed by atoms with Crippen molar-refractivity contribution in [2.75, 3.05) is 20.3 Å². The molecule has 0 N–H and O–H groups in total. The summed E-state index contributed by atoms with van der Waals surface area (Å²) in [6.07, 6.45) is 1.98. The van der Waals surface area contributed by atoms with Gasteiger partial charge in [-0.3, -0.25) is 0 Å². The molecule has 1 aromatic rings. The van der Waals surface area contributed by atoms with E-state index in [9.17, 15) is 0 Å². The molecule has 0 spiro atoms. The Morgan fingerprint density at radius 1 is 1.35 bits per heavy atom. The minimum atomic E-state index is -0.0625. The fourth-order valence-electron chi connectivity index (χ4n) is 2.18. The maximum absolute atomic E-state index is 6.55. The highest BCUT2D eigenvalue weighted by Crippen LogP contribution is 2.40. The van der Waals surface area contributed by atoms with Crippen LogP contribution in [0.3, 0.4) is 0 Å². The molecule has 1 aliphatic rings. The van der Waals surface area contributed by atoms with Crippen molar-refractivity contribution in [1.29, 1.82) is 0 Å². The van der Waals surface area contributed by atoms with Gasteiger partial charge >= 0.3 is 0 Å². The van der Waals surface area contributed by atoms with Crippen molar-refractivity contribution in [3.8, 4) is 5.75 Å². The van der Waals surface area contributed by atoms with Crippen molar-refractivity contribution in [3.05, 3.63) is 28.8 Å². The van der Waals surface area contributed by atoms with Crippen LogP contribution in [0.4, 0.5) is 0 Å². The molecule has 0 amide bonds. The highest BCUT2D eigenvalue weighted by Gasteiger charge is 2.26. The maximum Gasteiger partial charge on any atom is 0.123 e. The molecule has 0 aliphatic carbocycles. The Balaban J connectivity index is 2.21. The number of hydrogen-bond acceptors (Lipinski definition) is 2. The van der Waals surface area contributed by atoms with Gasteiger partial charge in [0, 0.05) is 23.8 Å². The molecular formula is C13H16Cl2O2. The standard InChI is InChI=1S/C13H16Cl2O2/c1-16-12-3-2-10(14)8-11(12)13(15)9-4-6-17-7-5-9/h2-3,8-9,13H,4-7H2,1H3. The van der Waals surface area contributed by atoms with E-state index >= 15 is 0 Å². The summed E-state index contributed by atoms with van der Waals surface area (Å²) in [6, 6.07) is 5.58. The lowest BCUT2D eigenvalue weighted by molar-refractivity contribution is 0.0649. The summed E-state index contributed by atoms with van der Waals surface area (Å²) in [7, 11) is 1.65. The molecule has 0 aromatic heterocycles. The summed E-state index contributed by atoms with van der Waals surface area (Å²) in [4.78, 5) is 0. The highest BCUT2D eigenvalue weighted by molar-refractivity contribution is 6.31. The van der Waals surface area contributed by atoms with Gasteiger partial charge in [0.2, 0.25) is 0 Å². The highest BCUT2D eigenvalue weighted by atomic mass is 35.5. The van der Waals surface area contributed by atoms with Gasteiger partial charge in [0.25, 0.3) is 0 Å². The van der Waals surface area contributed by atoms with Gasteiger partial charge in [0.1, 0.15) is 5.75 Å². The van der Waals surface area contributed by atoms with Gasteiger partial charge < -0.3 is 9.47 Å². The average molecular weight is 275 g/mol. The van der Waals surface area contributed by atoms with Crippen LogP contribution in [0.15, 0.2) is 18.2 Å². The van der Waals surface area contributed by atoms with Crippen LogP contribution in [0, 0.1) is 5.92 Å². The molecule has 1 aliphatic heterocycles. The van der Waals surface area contributed by atoms with Crippen LogP contribution in [0.2, 0.25) is 5.02 Å². The molecule has 1 aromatic carbocycles. The Kier molecular flexibility index (Phi) is 4.55. The molecule has 94 valence electrons. The fraction of sp³-hybridized carbons (Fsp3) is 0.538. The molecule has 0 bridgehead atoms. The van der Waals surface area contributed by atoms with E-state index in [0.717, 1.165) is 37.4 Å². The van der Waals surface area contributed by atoms with Crippen molar-refractivity contribution in [1.82, 2.24) is 0 Å². The largest absolute Gasteiger partial charge is 0.496 e. The van der Waals surface area contributed by atoms with Crippen LogP contribution in [0.5, 0.6) is 5.75 Å². The first-order valence-corrected chi connectivity index (χ1v) is 6.59. The molecule has 0 saturated carbocycles. The first-order chi connectivity index (χ1) is 8.22. The van der Waals surface area contributed by atoms with E-state index in [2.05, 4.69) is 0 Å². The zero-order valence-corrected chi connectivity index (χ0v) is 11.3. The number of alkyl halides is 1. The van der Waals surface area contributed by atoms with E-state index in [1.54, 1.807) is 7.11 Å². The predicted octanol–water partition coefficient (Wildman–Crippen LogP) is 4.06. The first-order valence-electron chi connectivity index (χ1n) is 5.77. The molecule has 2 nitrogen and oxygen atoms in total. The van der Waals surface area contributed by atoms with Gasteiger partial charge in [0.05, 0.1) is 12.5 Å². The Labute approximate surface area is 112 Å². The second-order valence-corrected chi connectivity index (χ2v) is 5.14. The van der Waals surface area contributed by atoms with E-state index < -0.39 is 0 Å². The van der Waals surface area contributed by atoms with Crippen LogP contribution in [-0.4, -0.2) is 20.3 Å². The third-order valence-electron chi connectivity index (χ3n) is 3.17. The second kappa shape index (κ2) is 5.94. The summed E-state index contributed by atoms with van der Waals surface area (Å²) in [5.41, 5.74) is 0.980. The van der Waals surface area contributed by atoms with Crippen molar-refractivity contribution in [2.45, 2.75) is 18.2 Å². The molecule has 1 saturated heterocycles. The Morgan fingerprint density at radius 3 is 2.71 bits per heavy atom. The third-order valence-corrected chi connectivity index (χ3v) is 4.00. The topological polar surface area (TPSA) is 18.5 Å². The predicted molar refractivity (Wildman–Crippen MR) is 70.1 cm³/mol. The van der Waals surface area contributed by atoms with Gasteiger partial charge in [-0.1, -0.05) is 11.6 Å². The van der Waals surface area contributed by atoms with Crippen molar-refractivity contribution >= 4 is 23.2 Å². The smallest absolute Gasteiger partial charge is 0.123 e. The zero-order chi connectivity index (χ0) is 12.3. The number of ether oxygens (including phenoxy) is 2. The van der Waals surface area contributed by atoms with Crippen LogP contribution >= 0.6 is 23.2 Å². The number of methoxy groups -OCH3 is 1. The van der Waals surface area contributed by atoms with Crippen LogP contribution in [-0.2, 0) is 4.74 Å². The number of rotatable bonds is 3. The maximum atomic E-state index is 6.55. The minimum absolute atomic E-state index is 0.0625. The average Bonchev–Trinajstić information content (AvgIpc) is 2.39. The normalized spacial score (nSPS) is 19.0. The summed E-state index contributed by atoms with van der Waals surface area (Å²) >= 11 is 12.6. The zero-order valence-electron chi connectivity index (χ0n) is 9.79. The van der Waals surface area contributed by atoms with Gasteiger partial charge in [-0.25, -0.2) is 0 Å². The Bertz CT molecular complexity index is 376. The number of halogens is 2. The molecule has 1 unspecified atom stereocenters. The first kappa shape index (κ1) is 13.0. The van der Waals surface area contributed by atoms with Gasteiger partial charge in [0.15, 0.2) is 0 Å². The van der Waals surface area contributed by atoms with Gasteiger partial charge in [-0.05, 0) is 37.0 Å². The Hall–Kier alpha value is -0.440. The molecule has 2 rings (SSSR count). The molecule has 1 fully saturated rings. The van der Waals surface area contributed by atoms with E-state index in [1.165, 1.54) is 0 Å². The third kappa shape index (κ3) is 3.06. The molecular weight excluding hydrogens is 259 g/mol. The summed E-state index contributed by atoms with van der Waals surface area (Å²) < 4.78 is 10.7. The molecule has 1 atom stereocenters. The quantitative estimate of drug-likeness (QED) is 0.774. The summed E-state index contributed by atoms with van der Waals surface area (Å²) in [5, 5.41) is 0.631. The van der Waals surface area contributed by atoms with Gasteiger partial charge in [-0.15, -0.1) is 11.6 Å². The van der Waals surface area contributed by atoms with Crippen molar-refractivity contribution in [3.63, 3.8) is 0 Å². The summed E-state index contributed by atoms with van der Waals surface area (Å²) in [5.74, 6) is 1.23. The monoisotopic (exact) mass is 274 g/mol. The number of hydrogen-bond donors (Lipinski definition) is 0. The van der Waals surface area contributed by atoms with Crippen molar-refractivity contribution < 1.29 is 9.47 Å². The molecule has 1 heterocycles. The van der Waals surface area contributed by atoms with Crippen LogP contribution in [0.1, 0.15) is 23.8 Å². The number of benzene rings is 1. The minimum Gasteiger partial charge on any atom is -0.496 e. The SMILES string of the molecule is COc1ccc(Cl)cc1C(Cl)C1CCOCC1. The van der Waals surface area contributed by atoms with E-state index in [0.29, 0.717) is 10.9 Å². The van der Waals surface area contributed by atoms with Gasteiger partial charge in [-0.2, -0.15) is 0 Å². The molecule has 17 heavy (non-hydrogen) atoms. The van der Waals surface area contributed by atoms with E-state index in [1.807, 2.05) is 18.2 Å². The second-order valence-electron chi connectivity index (χ2n) is 4.24. The molecule has 0 radical (unpaired) electrons. The van der Waals surface area contributed by atoms with Crippen molar-refractivity contribution in [2.24, 2.45) is 5.92 Å². The van der Waals surface area contributed by atoms with E-state index in [-0.39, 0.29) is 5.38 Å². The van der Waals surface area contributed by atoms with E-state index in [4.69, 9.17) is 32.7 Å². The molecule has 4 heteroatoms. The summed E-state index contributed by atoms with van der Waals surface area (Å²) in [6.45, 7) is 1.58. The lowest BCUT2D eigenvalue weighted by Crippen LogP contribution is -2.19. The van der Waals surface area contributed by atoms with Crippen LogP contribution in [0.25, 0.3) is 0 Å².